The SMILES string of the molecule is Cc1noc(C)c1COc1cccc(C(=O)Nc2cc(Cl)ccc2N2CCN(C)CC2)c1. The summed E-state index contributed by atoms with van der Waals surface area (Å²) in [5.74, 6) is 1.11. The minimum Gasteiger partial charge on any atom is -0.489 e. The Morgan fingerprint density at radius 3 is 2.66 bits per heavy atom. The average molecular weight is 455 g/mol. The van der Waals surface area contributed by atoms with Crippen molar-refractivity contribution in [2.75, 3.05) is 43.4 Å². The molecule has 32 heavy (non-hydrogen) atoms. The number of ether oxygens (including phenoxy) is 1. The van der Waals surface area contributed by atoms with Crippen LogP contribution in [0.3, 0.4) is 0 Å². The maximum absolute atomic E-state index is 13.0. The fourth-order valence-electron chi connectivity index (χ4n) is 3.72. The molecule has 1 saturated heterocycles. The molecule has 0 spiro atoms. The number of likely N-dealkylation sites (N-methyl/N-ethyl adjacent to an activating group) is 1. The Hall–Kier alpha value is -3.03. The molecule has 4 rings (SSSR count). The highest BCUT2D eigenvalue weighted by atomic mass is 35.5. The zero-order valence-corrected chi connectivity index (χ0v) is 19.3. The van der Waals surface area contributed by atoms with E-state index in [9.17, 15) is 4.79 Å². The fraction of sp³-hybridized carbons (Fsp3) is 0.333. The molecule has 3 aromatic rings. The van der Waals surface area contributed by atoms with E-state index in [2.05, 4.69) is 27.3 Å². The lowest BCUT2D eigenvalue weighted by Gasteiger charge is -2.35. The van der Waals surface area contributed by atoms with Crippen LogP contribution in [0.5, 0.6) is 5.75 Å². The number of nitrogens with one attached hydrogen (secondary N) is 1. The third-order valence-corrected chi connectivity index (χ3v) is 5.95. The number of carbonyl (C=O) groups excluding carboxylic acids is 1. The summed E-state index contributed by atoms with van der Waals surface area (Å²) in [6.45, 7) is 7.79. The second-order valence-electron chi connectivity index (χ2n) is 8.03. The quantitative estimate of drug-likeness (QED) is 0.590. The molecule has 0 saturated carbocycles. The minimum atomic E-state index is -0.217. The van der Waals surface area contributed by atoms with Crippen LogP contribution in [0.25, 0.3) is 0 Å². The van der Waals surface area contributed by atoms with Gasteiger partial charge in [-0.05, 0) is 57.3 Å². The Morgan fingerprint density at radius 1 is 1.16 bits per heavy atom. The minimum absolute atomic E-state index is 0.217. The number of piperazine rings is 1. The van der Waals surface area contributed by atoms with Crippen LogP contribution in [0.1, 0.15) is 27.4 Å². The van der Waals surface area contributed by atoms with Crippen LogP contribution in [-0.2, 0) is 6.61 Å². The van der Waals surface area contributed by atoms with E-state index in [1.165, 1.54) is 0 Å². The van der Waals surface area contributed by atoms with E-state index in [4.69, 9.17) is 20.9 Å². The van der Waals surface area contributed by atoms with Crippen LogP contribution >= 0.6 is 11.6 Å². The Bertz CT molecular complexity index is 1090. The zero-order valence-electron chi connectivity index (χ0n) is 18.5. The van der Waals surface area contributed by atoms with Crippen LogP contribution in [0.15, 0.2) is 47.0 Å². The van der Waals surface area contributed by atoms with Crippen LogP contribution in [-0.4, -0.2) is 49.2 Å². The van der Waals surface area contributed by atoms with Crippen LogP contribution in [0, 0.1) is 13.8 Å². The van der Waals surface area contributed by atoms with Crippen molar-refractivity contribution in [1.29, 1.82) is 0 Å². The van der Waals surface area contributed by atoms with Gasteiger partial charge in [0.2, 0.25) is 0 Å². The van der Waals surface area contributed by atoms with E-state index >= 15 is 0 Å². The van der Waals surface area contributed by atoms with E-state index < -0.39 is 0 Å². The van der Waals surface area contributed by atoms with Gasteiger partial charge in [-0.3, -0.25) is 4.79 Å². The molecule has 7 nitrogen and oxygen atoms in total. The van der Waals surface area contributed by atoms with Crippen molar-refractivity contribution >= 4 is 28.9 Å². The maximum Gasteiger partial charge on any atom is 0.255 e. The first kappa shape index (κ1) is 22.2. The second kappa shape index (κ2) is 9.63. The molecule has 0 radical (unpaired) electrons. The largest absolute Gasteiger partial charge is 0.489 e. The Morgan fingerprint density at radius 2 is 1.94 bits per heavy atom. The monoisotopic (exact) mass is 454 g/mol. The smallest absolute Gasteiger partial charge is 0.255 e. The predicted octanol–water partition coefficient (Wildman–Crippen LogP) is 4.53. The number of anilines is 2. The maximum atomic E-state index is 13.0. The average Bonchev–Trinajstić information content (AvgIpc) is 3.10. The van der Waals surface area contributed by atoms with Gasteiger partial charge in [0.25, 0.3) is 5.91 Å². The summed E-state index contributed by atoms with van der Waals surface area (Å²) in [4.78, 5) is 17.6. The van der Waals surface area contributed by atoms with Gasteiger partial charge in [0.1, 0.15) is 18.1 Å². The van der Waals surface area contributed by atoms with Crippen molar-refractivity contribution in [1.82, 2.24) is 10.1 Å². The summed E-state index contributed by atoms with van der Waals surface area (Å²) in [7, 11) is 2.11. The van der Waals surface area contributed by atoms with Gasteiger partial charge in [-0.1, -0.05) is 22.8 Å². The molecule has 2 heterocycles. The van der Waals surface area contributed by atoms with Gasteiger partial charge in [0.05, 0.1) is 22.6 Å². The van der Waals surface area contributed by atoms with Gasteiger partial charge in [0, 0.05) is 36.8 Å². The second-order valence-corrected chi connectivity index (χ2v) is 8.46. The first-order valence-electron chi connectivity index (χ1n) is 10.6. The number of nitrogens with zero attached hydrogens (tertiary/aromatic N) is 3. The number of aromatic nitrogens is 1. The lowest BCUT2D eigenvalue weighted by atomic mass is 10.1. The zero-order chi connectivity index (χ0) is 22.7. The predicted molar refractivity (Wildman–Crippen MR) is 126 cm³/mol. The van der Waals surface area contributed by atoms with Crippen molar-refractivity contribution in [3.63, 3.8) is 0 Å². The lowest BCUT2D eigenvalue weighted by molar-refractivity contribution is 0.102. The van der Waals surface area contributed by atoms with Crippen LogP contribution in [0.4, 0.5) is 11.4 Å². The molecule has 1 aromatic heterocycles. The topological polar surface area (TPSA) is 70.8 Å². The highest BCUT2D eigenvalue weighted by molar-refractivity contribution is 6.31. The molecule has 1 N–H and O–H groups in total. The number of amides is 1. The van der Waals surface area contributed by atoms with Gasteiger partial charge in [-0.25, -0.2) is 0 Å². The van der Waals surface area contributed by atoms with Crippen LogP contribution in [0.2, 0.25) is 5.02 Å². The molecule has 0 atom stereocenters. The van der Waals surface area contributed by atoms with Crippen molar-refractivity contribution in [3.05, 3.63) is 70.1 Å². The number of halogens is 1. The van der Waals surface area contributed by atoms with E-state index in [0.717, 1.165) is 48.9 Å². The van der Waals surface area contributed by atoms with Gasteiger partial charge < -0.3 is 24.4 Å². The molecular weight excluding hydrogens is 428 g/mol. The number of aryl methyl sites for hydroxylation is 2. The van der Waals surface area contributed by atoms with Crippen LogP contribution < -0.4 is 15.0 Å². The van der Waals surface area contributed by atoms with Gasteiger partial charge in [-0.2, -0.15) is 0 Å². The molecule has 0 unspecified atom stereocenters. The van der Waals surface area contributed by atoms with Gasteiger partial charge in [-0.15, -0.1) is 0 Å². The molecule has 1 amide bonds. The number of rotatable bonds is 6. The highest BCUT2D eigenvalue weighted by Gasteiger charge is 2.19. The van der Waals surface area contributed by atoms with E-state index in [0.29, 0.717) is 28.6 Å². The Labute approximate surface area is 192 Å². The number of benzene rings is 2. The van der Waals surface area contributed by atoms with Crippen molar-refractivity contribution in [3.8, 4) is 5.75 Å². The molecule has 1 aliphatic rings. The van der Waals surface area contributed by atoms with E-state index in [1.54, 1.807) is 24.3 Å². The lowest BCUT2D eigenvalue weighted by Crippen LogP contribution is -2.44. The summed E-state index contributed by atoms with van der Waals surface area (Å²) in [6, 6.07) is 12.7. The summed E-state index contributed by atoms with van der Waals surface area (Å²) in [5.41, 5.74) is 3.89. The normalized spacial score (nSPS) is 14.4. The summed E-state index contributed by atoms with van der Waals surface area (Å²) >= 11 is 6.24. The molecule has 2 aromatic carbocycles. The Balaban J connectivity index is 1.48. The highest BCUT2D eigenvalue weighted by Crippen LogP contribution is 2.30. The van der Waals surface area contributed by atoms with Crippen molar-refractivity contribution < 1.29 is 14.1 Å². The molecule has 0 bridgehead atoms. The van der Waals surface area contributed by atoms with E-state index in [-0.39, 0.29) is 5.91 Å². The Kier molecular flexibility index (Phi) is 6.67. The van der Waals surface area contributed by atoms with Gasteiger partial charge >= 0.3 is 0 Å². The number of hydrogen-bond donors (Lipinski definition) is 1. The summed E-state index contributed by atoms with van der Waals surface area (Å²) in [5, 5.41) is 7.55. The molecule has 1 fully saturated rings. The number of carbonyl (C=O) groups is 1. The standard InChI is InChI=1S/C24H27ClN4O3/c1-16-21(17(2)32-27-16)15-31-20-6-4-5-18(13-20)24(30)26-22-14-19(25)7-8-23(22)29-11-9-28(3)10-12-29/h4-8,13-14H,9-12,15H2,1-3H3,(H,26,30). The molecule has 8 heteroatoms. The summed E-state index contributed by atoms with van der Waals surface area (Å²) < 4.78 is 11.1. The molecular formula is C24H27ClN4O3. The molecule has 0 aliphatic carbocycles. The van der Waals surface area contributed by atoms with Crippen molar-refractivity contribution in [2.45, 2.75) is 20.5 Å². The first-order valence-corrected chi connectivity index (χ1v) is 11.0. The fourth-order valence-corrected chi connectivity index (χ4v) is 3.89. The summed E-state index contributed by atoms with van der Waals surface area (Å²) in [6.07, 6.45) is 0. The third-order valence-electron chi connectivity index (χ3n) is 5.71. The van der Waals surface area contributed by atoms with Crippen molar-refractivity contribution in [2.24, 2.45) is 0 Å². The molecule has 168 valence electrons. The first-order chi connectivity index (χ1) is 15.4. The third kappa shape index (κ3) is 5.06. The number of hydrogen-bond acceptors (Lipinski definition) is 6. The van der Waals surface area contributed by atoms with E-state index in [1.807, 2.05) is 32.0 Å². The molecule has 1 aliphatic heterocycles. The van der Waals surface area contributed by atoms with Gasteiger partial charge in [0.15, 0.2) is 0 Å².